The molecule has 2 N–H and O–H groups in total. The molecular weight excluding hydrogens is 447 g/mol. The SMILES string of the molecule is COc1ncccc1-c1cnc(-c2nc(Cc3c(F)ccc(F)c3F)n3ncccc23)nc1N. The Balaban J connectivity index is 1.61. The molecule has 0 saturated heterocycles. The van der Waals surface area contributed by atoms with Gasteiger partial charge in [-0.3, -0.25) is 0 Å². The third-order valence-corrected chi connectivity index (χ3v) is 5.24. The maximum Gasteiger partial charge on any atom is 0.221 e. The van der Waals surface area contributed by atoms with Crippen molar-refractivity contribution in [2.24, 2.45) is 0 Å². The lowest BCUT2D eigenvalue weighted by molar-refractivity contribution is 0.399. The van der Waals surface area contributed by atoms with Gasteiger partial charge in [-0.25, -0.2) is 37.6 Å². The number of ether oxygens (including phenoxy) is 1. The number of methoxy groups -OCH3 is 1. The minimum Gasteiger partial charge on any atom is -0.481 e. The number of aromatic nitrogens is 6. The Morgan fingerprint density at radius 1 is 0.941 bits per heavy atom. The highest BCUT2D eigenvalue weighted by atomic mass is 19.2. The molecule has 0 fully saturated rings. The fraction of sp³-hybridized carbons (Fsp3) is 0.0870. The van der Waals surface area contributed by atoms with Gasteiger partial charge in [0.2, 0.25) is 5.88 Å². The summed E-state index contributed by atoms with van der Waals surface area (Å²) in [6.07, 6.45) is 4.26. The molecule has 5 aromatic rings. The number of nitrogens with two attached hydrogens (primary N) is 1. The molecule has 34 heavy (non-hydrogen) atoms. The number of benzene rings is 1. The number of halogens is 3. The molecule has 0 unspecified atom stereocenters. The predicted molar refractivity (Wildman–Crippen MR) is 117 cm³/mol. The van der Waals surface area contributed by atoms with Crippen molar-refractivity contribution >= 4 is 11.3 Å². The van der Waals surface area contributed by atoms with Gasteiger partial charge in [-0.05, 0) is 36.4 Å². The Morgan fingerprint density at radius 3 is 2.53 bits per heavy atom. The highest BCUT2D eigenvalue weighted by molar-refractivity contribution is 5.79. The average molecular weight is 463 g/mol. The molecule has 1 aromatic carbocycles. The normalized spacial score (nSPS) is 11.2. The van der Waals surface area contributed by atoms with Crippen molar-refractivity contribution in [3.63, 3.8) is 0 Å². The summed E-state index contributed by atoms with van der Waals surface area (Å²) in [6, 6.07) is 8.48. The first kappa shape index (κ1) is 21.3. The van der Waals surface area contributed by atoms with Crippen molar-refractivity contribution in [3.05, 3.63) is 83.8 Å². The molecule has 4 heterocycles. The fourth-order valence-electron chi connectivity index (χ4n) is 3.63. The largest absolute Gasteiger partial charge is 0.481 e. The van der Waals surface area contributed by atoms with Gasteiger partial charge in [0, 0.05) is 41.7 Å². The molecule has 5 rings (SSSR count). The van der Waals surface area contributed by atoms with E-state index in [-0.39, 0.29) is 23.9 Å². The van der Waals surface area contributed by atoms with E-state index in [2.05, 4.69) is 25.0 Å². The Bertz CT molecular complexity index is 1540. The van der Waals surface area contributed by atoms with Crippen molar-refractivity contribution in [2.45, 2.75) is 6.42 Å². The molecule has 4 aromatic heterocycles. The molecule has 0 radical (unpaired) electrons. The van der Waals surface area contributed by atoms with Gasteiger partial charge in [0.1, 0.15) is 23.2 Å². The van der Waals surface area contributed by atoms with Crippen LogP contribution in [0.5, 0.6) is 5.88 Å². The maximum atomic E-state index is 14.3. The highest BCUT2D eigenvalue weighted by Crippen LogP contribution is 2.32. The third-order valence-electron chi connectivity index (χ3n) is 5.24. The maximum absolute atomic E-state index is 14.3. The van der Waals surface area contributed by atoms with Crippen LogP contribution in [0, 0.1) is 17.5 Å². The number of hydrogen-bond acceptors (Lipinski definition) is 7. The van der Waals surface area contributed by atoms with Crippen LogP contribution in [0.3, 0.4) is 0 Å². The lowest BCUT2D eigenvalue weighted by atomic mass is 10.1. The zero-order valence-electron chi connectivity index (χ0n) is 17.7. The van der Waals surface area contributed by atoms with Gasteiger partial charge in [-0.15, -0.1) is 0 Å². The molecule has 11 heteroatoms. The number of nitrogens with zero attached hydrogens (tertiary/aromatic N) is 6. The first-order chi connectivity index (χ1) is 16.5. The number of hydrogen-bond donors (Lipinski definition) is 1. The van der Waals surface area contributed by atoms with Crippen LogP contribution < -0.4 is 10.5 Å². The zero-order chi connectivity index (χ0) is 23.8. The number of pyridine rings is 1. The second-order valence-corrected chi connectivity index (χ2v) is 7.25. The Labute approximate surface area is 190 Å². The van der Waals surface area contributed by atoms with Gasteiger partial charge in [0.05, 0.1) is 12.6 Å². The monoisotopic (exact) mass is 463 g/mol. The second-order valence-electron chi connectivity index (χ2n) is 7.25. The molecule has 170 valence electrons. The molecule has 0 atom stereocenters. The summed E-state index contributed by atoms with van der Waals surface area (Å²) in [7, 11) is 1.49. The summed E-state index contributed by atoms with van der Waals surface area (Å²) < 4.78 is 48.9. The van der Waals surface area contributed by atoms with Crippen LogP contribution in [0.4, 0.5) is 19.0 Å². The topological polar surface area (TPSA) is 104 Å². The van der Waals surface area contributed by atoms with E-state index in [1.807, 2.05) is 0 Å². The van der Waals surface area contributed by atoms with E-state index in [1.165, 1.54) is 24.0 Å². The molecule has 0 bridgehead atoms. The van der Waals surface area contributed by atoms with E-state index in [9.17, 15) is 13.2 Å². The predicted octanol–water partition coefficient (Wildman–Crippen LogP) is 3.85. The van der Waals surface area contributed by atoms with Crippen LogP contribution in [-0.2, 0) is 6.42 Å². The first-order valence-corrected chi connectivity index (χ1v) is 10.0. The van der Waals surface area contributed by atoms with Crippen LogP contribution in [0.25, 0.3) is 28.2 Å². The van der Waals surface area contributed by atoms with E-state index in [0.717, 1.165) is 12.1 Å². The van der Waals surface area contributed by atoms with Crippen LogP contribution in [0.1, 0.15) is 11.4 Å². The summed E-state index contributed by atoms with van der Waals surface area (Å²) in [5, 5.41) is 4.22. The van der Waals surface area contributed by atoms with Gasteiger partial charge in [0.25, 0.3) is 0 Å². The highest BCUT2D eigenvalue weighted by Gasteiger charge is 2.21. The Kier molecular flexibility index (Phi) is 5.28. The number of rotatable bonds is 5. The molecule has 0 spiro atoms. The van der Waals surface area contributed by atoms with Crippen LogP contribution >= 0.6 is 0 Å². The van der Waals surface area contributed by atoms with Crippen molar-refractivity contribution in [2.75, 3.05) is 12.8 Å². The van der Waals surface area contributed by atoms with Gasteiger partial charge in [-0.1, -0.05) is 0 Å². The van der Waals surface area contributed by atoms with Crippen molar-refractivity contribution < 1.29 is 17.9 Å². The summed E-state index contributed by atoms with van der Waals surface area (Å²) >= 11 is 0. The van der Waals surface area contributed by atoms with Crippen molar-refractivity contribution in [1.29, 1.82) is 0 Å². The Hall–Kier alpha value is -4.54. The second kappa shape index (κ2) is 8.43. The summed E-state index contributed by atoms with van der Waals surface area (Å²) in [5.74, 6) is -2.43. The quantitative estimate of drug-likeness (QED) is 0.395. The number of nitrogen functional groups attached to an aromatic ring is 1. The average Bonchev–Trinajstić information content (AvgIpc) is 3.22. The molecule has 8 nitrogen and oxygen atoms in total. The number of imidazole rings is 1. The summed E-state index contributed by atoms with van der Waals surface area (Å²) in [4.78, 5) is 17.4. The molecule has 0 amide bonds. The Morgan fingerprint density at radius 2 is 1.74 bits per heavy atom. The van der Waals surface area contributed by atoms with E-state index < -0.39 is 23.0 Å². The minimum atomic E-state index is -1.27. The van der Waals surface area contributed by atoms with Gasteiger partial charge < -0.3 is 10.5 Å². The van der Waals surface area contributed by atoms with Crippen LogP contribution in [-0.4, -0.2) is 36.7 Å². The van der Waals surface area contributed by atoms with Gasteiger partial charge in [-0.2, -0.15) is 5.10 Å². The molecule has 0 saturated carbocycles. The molecular formula is C23H16F3N7O. The molecule has 0 aliphatic heterocycles. The van der Waals surface area contributed by atoms with Gasteiger partial charge >= 0.3 is 0 Å². The van der Waals surface area contributed by atoms with Crippen LogP contribution in [0.15, 0.2) is 55.0 Å². The standard InChI is InChI=1S/C23H16F3N7O/c1-34-23-12(4-2-8-28-23)14-11-29-22(32-21(14)27)20-17-5-3-9-30-33(17)18(31-20)10-13-15(24)6-7-16(25)19(13)26/h2-9,11H,10H2,1H3,(H2,27,29,32). The minimum absolute atomic E-state index is 0.158. The van der Waals surface area contributed by atoms with Gasteiger partial charge in [0.15, 0.2) is 17.5 Å². The van der Waals surface area contributed by atoms with Crippen molar-refractivity contribution in [1.82, 2.24) is 29.5 Å². The third kappa shape index (κ3) is 3.56. The summed E-state index contributed by atoms with van der Waals surface area (Å²) in [5.41, 5.74) is 7.68. The lowest BCUT2D eigenvalue weighted by Gasteiger charge is -2.09. The summed E-state index contributed by atoms with van der Waals surface area (Å²) in [6.45, 7) is 0. The smallest absolute Gasteiger partial charge is 0.221 e. The van der Waals surface area contributed by atoms with E-state index in [4.69, 9.17) is 10.5 Å². The van der Waals surface area contributed by atoms with E-state index in [0.29, 0.717) is 28.2 Å². The van der Waals surface area contributed by atoms with E-state index in [1.54, 1.807) is 30.5 Å². The number of anilines is 1. The first-order valence-electron chi connectivity index (χ1n) is 10.0. The van der Waals surface area contributed by atoms with Crippen LogP contribution in [0.2, 0.25) is 0 Å². The fourth-order valence-corrected chi connectivity index (χ4v) is 3.63. The number of fused-ring (bicyclic) bond motifs is 1. The van der Waals surface area contributed by atoms with E-state index >= 15 is 0 Å². The molecule has 0 aliphatic carbocycles. The lowest BCUT2D eigenvalue weighted by Crippen LogP contribution is -2.05. The molecule has 0 aliphatic rings. The zero-order valence-corrected chi connectivity index (χ0v) is 17.7. The van der Waals surface area contributed by atoms with Crippen molar-refractivity contribution in [3.8, 4) is 28.5 Å².